The molecule has 2 unspecified atom stereocenters. The Morgan fingerprint density at radius 3 is 2.79 bits per heavy atom. The Hall–Kier alpha value is -0.160. The summed E-state index contributed by atoms with van der Waals surface area (Å²) in [5.74, 6) is 0. The molecule has 0 spiro atoms. The van der Waals surface area contributed by atoms with Gasteiger partial charge in [0.1, 0.15) is 0 Å². The smallest absolute Gasteiger partial charge is 0.0900 e. The number of aliphatic hydroxyl groups excluding tert-OH is 1. The summed E-state index contributed by atoms with van der Waals surface area (Å²) < 4.78 is 5.49. The normalized spacial score (nSPS) is 21.5. The van der Waals surface area contributed by atoms with Crippen LogP contribution in [0.1, 0.15) is 46.5 Å². The first kappa shape index (κ1) is 16.9. The maximum absolute atomic E-state index is 10.1. The summed E-state index contributed by atoms with van der Waals surface area (Å²) in [7, 11) is 0. The van der Waals surface area contributed by atoms with Crippen LogP contribution in [0.15, 0.2) is 0 Å². The topological polar surface area (TPSA) is 44.7 Å². The monoisotopic (exact) mass is 272 g/mol. The lowest BCUT2D eigenvalue weighted by Crippen LogP contribution is -2.43. The average molecular weight is 272 g/mol. The SMILES string of the molecule is CCCCN(CC(O)COC(C)C)CC1CCCN1. The lowest BCUT2D eigenvalue weighted by Gasteiger charge is -2.28. The van der Waals surface area contributed by atoms with E-state index in [1.165, 1.54) is 25.7 Å². The van der Waals surface area contributed by atoms with Crippen LogP contribution in [0.2, 0.25) is 0 Å². The molecule has 0 aromatic heterocycles. The Labute approximate surface area is 118 Å². The summed E-state index contributed by atoms with van der Waals surface area (Å²) in [5, 5.41) is 13.6. The van der Waals surface area contributed by atoms with E-state index in [0.717, 1.165) is 26.2 Å². The molecule has 0 aliphatic carbocycles. The molecule has 0 radical (unpaired) electrons. The highest BCUT2D eigenvalue weighted by atomic mass is 16.5. The van der Waals surface area contributed by atoms with Crippen LogP contribution < -0.4 is 5.32 Å². The fraction of sp³-hybridized carbons (Fsp3) is 1.00. The number of ether oxygens (including phenoxy) is 1. The van der Waals surface area contributed by atoms with Crippen molar-refractivity contribution in [3.63, 3.8) is 0 Å². The van der Waals surface area contributed by atoms with Gasteiger partial charge in [-0.1, -0.05) is 13.3 Å². The van der Waals surface area contributed by atoms with Crippen LogP contribution in [0, 0.1) is 0 Å². The van der Waals surface area contributed by atoms with Crippen molar-refractivity contribution in [2.75, 3.05) is 32.8 Å². The molecule has 4 nitrogen and oxygen atoms in total. The molecule has 2 N–H and O–H groups in total. The minimum atomic E-state index is -0.374. The summed E-state index contributed by atoms with van der Waals surface area (Å²) in [6, 6.07) is 0.607. The van der Waals surface area contributed by atoms with Gasteiger partial charge in [-0.05, 0) is 46.2 Å². The van der Waals surface area contributed by atoms with Crippen molar-refractivity contribution in [1.82, 2.24) is 10.2 Å². The zero-order valence-electron chi connectivity index (χ0n) is 12.9. The van der Waals surface area contributed by atoms with Gasteiger partial charge in [-0.3, -0.25) is 4.90 Å². The van der Waals surface area contributed by atoms with E-state index in [4.69, 9.17) is 4.74 Å². The highest BCUT2D eigenvalue weighted by molar-refractivity contribution is 4.79. The molecule has 2 atom stereocenters. The van der Waals surface area contributed by atoms with Gasteiger partial charge in [0.25, 0.3) is 0 Å². The first-order valence-corrected chi connectivity index (χ1v) is 7.87. The summed E-state index contributed by atoms with van der Waals surface area (Å²) in [5.41, 5.74) is 0. The molecule has 1 saturated heterocycles. The van der Waals surface area contributed by atoms with Gasteiger partial charge >= 0.3 is 0 Å². The first-order chi connectivity index (χ1) is 9.11. The van der Waals surface area contributed by atoms with E-state index in [0.29, 0.717) is 12.6 Å². The van der Waals surface area contributed by atoms with E-state index < -0.39 is 0 Å². The average Bonchev–Trinajstić information content (AvgIpc) is 2.86. The minimum Gasteiger partial charge on any atom is -0.389 e. The molecule has 0 bridgehead atoms. The third-order valence-corrected chi connectivity index (χ3v) is 3.56. The second-order valence-corrected chi connectivity index (χ2v) is 5.94. The predicted molar refractivity (Wildman–Crippen MR) is 79.5 cm³/mol. The minimum absolute atomic E-state index is 0.190. The first-order valence-electron chi connectivity index (χ1n) is 7.87. The van der Waals surface area contributed by atoms with E-state index in [1.807, 2.05) is 13.8 Å². The van der Waals surface area contributed by atoms with Crippen LogP contribution >= 0.6 is 0 Å². The zero-order chi connectivity index (χ0) is 14.1. The van der Waals surface area contributed by atoms with Crippen LogP contribution in [0.25, 0.3) is 0 Å². The van der Waals surface area contributed by atoms with Gasteiger partial charge in [0, 0.05) is 19.1 Å². The highest BCUT2D eigenvalue weighted by Crippen LogP contribution is 2.08. The number of rotatable bonds is 10. The predicted octanol–water partition coefficient (Wildman–Crippen LogP) is 1.63. The number of hydrogen-bond donors (Lipinski definition) is 2. The number of nitrogens with one attached hydrogen (secondary N) is 1. The maximum atomic E-state index is 10.1. The summed E-state index contributed by atoms with van der Waals surface area (Å²) in [6.45, 7) is 10.7. The molecular formula is C15H32N2O2. The van der Waals surface area contributed by atoms with E-state index in [2.05, 4.69) is 17.1 Å². The Morgan fingerprint density at radius 2 is 2.21 bits per heavy atom. The van der Waals surface area contributed by atoms with Crippen molar-refractivity contribution in [3.8, 4) is 0 Å². The van der Waals surface area contributed by atoms with Crippen LogP contribution in [-0.2, 0) is 4.74 Å². The van der Waals surface area contributed by atoms with Gasteiger partial charge < -0.3 is 15.2 Å². The fourth-order valence-corrected chi connectivity index (χ4v) is 2.52. The highest BCUT2D eigenvalue weighted by Gasteiger charge is 2.19. The largest absolute Gasteiger partial charge is 0.389 e. The Kier molecular flexibility index (Phi) is 8.62. The summed E-state index contributed by atoms with van der Waals surface area (Å²) in [6.07, 6.45) is 4.76. The zero-order valence-corrected chi connectivity index (χ0v) is 12.9. The molecule has 0 saturated carbocycles. The second kappa shape index (κ2) is 9.70. The number of unbranched alkanes of at least 4 members (excludes halogenated alkanes) is 1. The molecule has 1 fully saturated rings. The molecule has 1 aliphatic rings. The quantitative estimate of drug-likeness (QED) is 0.634. The molecule has 0 aromatic rings. The van der Waals surface area contributed by atoms with Gasteiger partial charge in [0.15, 0.2) is 0 Å². The van der Waals surface area contributed by atoms with Gasteiger partial charge in [-0.15, -0.1) is 0 Å². The van der Waals surface area contributed by atoms with Crippen LogP contribution in [0.3, 0.4) is 0 Å². The molecule has 19 heavy (non-hydrogen) atoms. The third kappa shape index (κ3) is 7.88. The molecule has 0 aromatic carbocycles. The van der Waals surface area contributed by atoms with Crippen LogP contribution in [-0.4, -0.2) is 61.0 Å². The molecule has 0 amide bonds. The Bertz CT molecular complexity index is 218. The molecule has 114 valence electrons. The molecular weight excluding hydrogens is 240 g/mol. The summed E-state index contributed by atoms with van der Waals surface area (Å²) >= 11 is 0. The van der Waals surface area contributed by atoms with E-state index in [9.17, 15) is 5.11 Å². The van der Waals surface area contributed by atoms with Crippen LogP contribution in [0.4, 0.5) is 0 Å². The molecule has 1 rings (SSSR count). The van der Waals surface area contributed by atoms with Gasteiger partial charge in [0.2, 0.25) is 0 Å². The van der Waals surface area contributed by atoms with Crippen molar-refractivity contribution in [2.24, 2.45) is 0 Å². The molecule has 1 heterocycles. The second-order valence-electron chi connectivity index (χ2n) is 5.94. The molecule has 4 heteroatoms. The van der Waals surface area contributed by atoms with Crippen molar-refractivity contribution in [3.05, 3.63) is 0 Å². The van der Waals surface area contributed by atoms with Crippen molar-refractivity contribution in [2.45, 2.75) is 64.7 Å². The van der Waals surface area contributed by atoms with Gasteiger partial charge in [0.05, 0.1) is 18.8 Å². The molecule has 1 aliphatic heterocycles. The van der Waals surface area contributed by atoms with Gasteiger partial charge in [-0.2, -0.15) is 0 Å². The van der Waals surface area contributed by atoms with Gasteiger partial charge in [-0.25, -0.2) is 0 Å². The standard InChI is InChI=1S/C15H32N2O2/c1-4-5-9-17(10-14-7-6-8-16-14)11-15(18)12-19-13(2)3/h13-16,18H,4-12H2,1-3H3. The van der Waals surface area contributed by atoms with Crippen molar-refractivity contribution >= 4 is 0 Å². The fourth-order valence-electron chi connectivity index (χ4n) is 2.52. The number of aliphatic hydroxyl groups is 1. The van der Waals surface area contributed by atoms with E-state index in [1.54, 1.807) is 0 Å². The lowest BCUT2D eigenvalue weighted by atomic mass is 10.2. The van der Waals surface area contributed by atoms with Crippen molar-refractivity contribution in [1.29, 1.82) is 0 Å². The Morgan fingerprint density at radius 1 is 1.42 bits per heavy atom. The maximum Gasteiger partial charge on any atom is 0.0900 e. The lowest BCUT2D eigenvalue weighted by molar-refractivity contribution is -0.00941. The number of nitrogens with zero attached hydrogens (tertiary/aromatic N) is 1. The van der Waals surface area contributed by atoms with E-state index >= 15 is 0 Å². The van der Waals surface area contributed by atoms with Crippen LogP contribution in [0.5, 0.6) is 0 Å². The summed E-state index contributed by atoms with van der Waals surface area (Å²) in [4.78, 5) is 2.39. The van der Waals surface area contributed by atoms with Crippen molar-refractivity contribution < 1.29 is 9.84 Å². The number of hydrogen-bond acceptors (Lipinski definition) is 4. The van der Waals surface area contributed by atoms with E-state index in [-0.39, 0.29) is 12.2 Å². The Balaban J connectivity index is 2.30. The third-order valence-electron chi connectivity index (χ3n) is 3.56.